The van der Waals surface area contributed by atoms with Crippen LogP contribution in [0, 0.1) is 0 Å². The number of nitrogens with two attached hydrogens (primary N) is 1. The SMILES string of the molecule is NCC(Sc1cc(Cl)ccc1Cl)c1ccccc1Br. The fraction of sp³-hybridized carbons (Fsp3) is 0.143. The van der Waals surface area contributed by atoms with Gasteiger partial charge in [0.25, 0.3) is 0 Å². The number of hydrogen-bond donors (Lipinski definition) is 1. The minimum absolute atomic E-state index is 0.131. The lowest BCUT2D eigenvalue weighted by Crippen LogP contribution is -2.09. The second kappa shape index (κ2) is 7.00. The standard InChI is InChI=1S/C14H12BrCl2NS/c15-11-4-2-1-3-10(11)14(8-18)19-13-7-9(16)5-6-12(13)17/h1-7,14H,8,18H2. The lowest BCUT2D eigenvalue weighted by Gasteiger charge is -2.17. The van der Waals surface area contributed by atoms with Crippen LogP contribution < -0.4 is 5.73 Å². The molecular weight excluding hydrogens is 365 g/mol. The number of thioether (sulfide) groups is 1. The summed E-state index contributed by atoms with van der Waals surface area (Å²) in [4.78, 5) is 0.945. The quantitative estimate of drug-likeness (QED) is 0.708. The van der Waals surface area contributed by atoms with E-state index in [0.29, 0.717) is 16.6 Å². The van der Waals surface area contributed by atoms with Crippen molar-refractivity contribution in [3.63, 3.8) is 0 Å². The predicted molar refractivity (Wildman–Crippen MR) is 88.3 cm³/mol. The monoisotopic (exact) mass is 375 g/mol. The Morgan fingerprint density at radius 1 is 1.16 bits per heavy atom. The zero-order chi connectivity index (χ0) is 13.8. The Kier molecular flexibility index (Phi) is 5.60. The first-order valence-corrected chi connectivity index (χ1v) is 8.11. The van der Waals surface area contributed by atoms with E-state index >= 15 is 0 Å². The molecule has 1 nitrogen and oxygen atoms in total. The molecule has 0 fully saturated rings. The van der Waals surface area contributed by atoms with Crippen LogP contribution in [0.1, 0.15) is 10.8 Å². The van der Waals surface area contributed by atoms with Gasteiger partial charge in [-0.05, 0) is 29.8 Å². The molecule has 0 aliphatic rings. The largest absolute Gasteiger partial charge is 0.329 e. The topological polar surface area (TPSA) is 26.0 Å². The zero-order valence-electron chi connectivity index (χ0n) is 9.95. The van der Waals surface area contributed by atoms with E-state index in [-0.39, 0.29) is 5.25 Å². The van der Waals surface area contributed by atoms with E-state index in [1.807, 2.05) is 24.3 Å². The summed E-state index contributed by atoms with van der Waals surface area (Å²) in [6.07, 6.45) is 0. The van der Waals surface area contributed by atoms with Gasteiger partial charge in [-0.2, -0.15) is 0 Å². The van der Waals surface area contributed by atoms with E-state index in [9.17, 15) is 0 Å². The minimum atomic E-state index is 0.131. The molecule has 0 radical (unpaired) electrons. The third-order valence-corrected chi connectivity index (χ3v) is 5.35. The van der Waals surface area contributed by atoms with Crippen LogP contribution in [0.3, 0.4) is 0 Å². The highest BCUT2D eigenvalue weighted by molar-refractivity contribution is 9.10. The van der Waals surface area contributed by atoms with Crippen molar-refractivity contribution < 1.29 is 0 Å². The molecule has 19 heavy (non-hydrogen) atoms. The van der Waals surface area contributed by atoms with Crippen molar-refractivity contribution in [1.82, 2.24) is 0 Å². The minimum Gasteiger partial charge on any atom is -0.329 e. The summed E-state index contributed by atoms with van der Waals surface area (Å²) in [5.74, 6) is 0. The molecule has 2 N–H and O–H groups in total. The Bertz CT molecular complexity index is 577. The number of rotatable bonds is 4. The van der Waals surface area contributed by atoms with Crippen molar-refractivity contribution in [3.05, 3.63) is 62.5 Å². The van der Waals surface area contributed by atoms with E-state index in [1.165, 1.54) is 0 Å². The van der Waals surface area contributed by atoms with Gasteiger partial charge in [0.15, 0.2) is 0 Å². The third-order valence-electron chi connectivity index (χ3n) is 2.63. The smallest absolute Gasteiger partial charge is 0.0543 e. The van der Waals surface area contributed by atoms with Crippen LogP contribution >= 0.6 is 50.9 Å². The second-order valence-corrected chi connectivity index (χ2v) is 6.88. The lowest BCUT2D eigenvalue weighted by molar-refractivity contribution is 0.936. The summed E-state index contributed by atoms with van der Waals surface area (Å²) in [7, 11) is 0. The molecule has 2 rings (SSSR count). The summed E-state index contributed by atoms with van der Waals surface area (Å²) >= 11 is 17.4. The molecule has 0 saturated carbocycles. The van der Waals surface area contributed by atoms with Gasteiger partial charge in [0.05, 0.1) is 5.02 Å². The number of hydrogen-bond acceptors (Lipinski definition) is 2. The molecule has 0 aromatic heterocycles. The second-order valence-electron chi connectivity index (χ2n) is 3.94. The Balaban J connectivity index is 2.29. The van der Waals surface area contributed by atoms with Gasteiger partial charge < -0.3 is 5.73 Å². The van der Waals surface area contributed by atoms with Crippen LogP contribution in [-0.4, -0.2) is 6.54 Å². The van der Waals surface area contributed by atoms with Gasteiger partial charge in [-0.15, -0.1) is 11.8 Å². The fourth-order valence-corrected chi connectivity index (χ4v) is 4.01. The summed E-state index contributed by atoms with van der Waals surface area (Å²) < 4.78 is 1.05. The maximum Gasteiger partial charge on any atom is 0.0543 e. The number of halogens is 3. The highest BCUT2D eigenvalue weighted by atomic mass is 79.9. The lowest BCUT2D eigenvalue weighted by atomic mass is 10.1. The molecule has 1 atom stereocenters. The van der Waals surface area contributed by atoms with Crippen LogP contribution in [0.4, 0.5) is 0 Å². The average molecular weight is 377 g/mol. The van der Waals surface area contributed by atoms with Gasteiger partial charge >= 0.3 is 0 Å². The first-order chi connectivity index (χ1) is 9.11. The van der Waals surface area contributed by atoms with Gasteiger partial charge in [0, 0.05) is 26.2 Å². The van der Waals surface area contributed by atoms with Gasteiger partial charge in [0.1, 0.15) is 0 Å². The summed E-state index contributed by atoms with van der Waals surface area (Å²) in [6.45, 7) is 0.524. The summed E-state index contributed by atoms with van der Waals surface area (Å²) in [5.41, 5.74) is 7.05. The highest BCUT2D eigenvalue weighted by Crippen LogP contribution is 2.41. The van der Waals surface area contributed by atoms with Crippen molar-refractivity contribution in [3.8, 4) is 0 Å². The maximum atomic E-state index is 6.19. The Morgan fingerprint density at radius 3 is 2.58 bits per heavy atom. The molecule has 2 aromatic rings. The molecule has 5 heteroatoms. The summed E-state index contributed by atoms with van der Waals surface area (Å²) in [5, 5.41) is 1.50. The molecule has 0 bridgehead atoms. The molecular formula is C14H12BrCl2NS. The van der Waals surface area contributed by atoms with Gasteiger partial charge in [-0.25, -0.2) is 0 Å². The van der Waals surface area contributed by atoms with Crippen LogP contribution in [-0.2, 0) is 0 Å². The van der Waals surface area contributed by atoms with Crippen molar-refractivity contribution >= 4 is 50.9 Å². The molecule has 0 aliphatic carbocycles. The van der Waals surface area contributed by atoms with Gasteiger partial charge in [-0.3, -0.25) is 0 Å². The van der Waals surface area contributed by atoms with Crippen LogP contribution in [0.2, 0.25) is 10.0 Å². The molecule has 0 spiro atoms. The molecule has 100 valence electrons. The van der Waals surface area contributed by atoms with E-state index in [2.05, 4.69) is 22.0 Å². The van der Waals surface area contributed by atoms with E-state index < -0.39 is 0 Å². The Morgan fingerprint density at radius 2 is 1.89 bits per heavy atom. The predicted octanol–water partition coefficient (Wildman–Crippen LogP) is 5.55. The molecule has 1 unspecified atom stereocenters. The highest BCUT2D eigenvalue weighted by Gasteiger charge is 2.16. The normalized spacial score (nSPS) is 12.4. The van der Waals surface area contributed by atoms with Gasteiger partial charge in [0.2, 0.25) is 0 Å². The van der Waals surface area contributed by atoms with Crippen molar-refractivity contribution in [2.24, 2.45) is 5.73 Å². The maximum absolute atomic E-state index is 6.19. The third kappa shape index (κ3) is 3.89. The van der Waals surface area contributed by atoms with Crippen LogP contribution in [0.5, 0.6) is 0 Å². The Labute approximate surface area is 135 Å². The first-order valence-electron chi connectivity index (χ1n) is 5.68. The van der Waals surface area contributed by atoms with Crippen molar-refractivity contribution in [1.29, 1.82) is 0 Å². The van der Waals surface area contributed by atoms with E-state index in [4.69, 9.17) is 28.9 Å². The molecule has 0 amide bonds. The van der Waals surface area contributed by atoms with Crippen molar-refractivity contribution in [2.75, 3.05) is 6.54 Å². The molecule has 2 aromatic carbocycles. The van der Waals surface area contributed by atoms with Crippen molar-refractivity contribution in [2.45, 2.75) is 10.1 Å². The molecule has 0 aliphatic heterocycles. The van der Waals surface area contributed by atoms with Crippen LogP contribution in [0.15, 0.2) is 51.8 Å². The van der Waals surface area contributed by atoms with E-state index in [1.54, 1.807) is 23.9 Å². The summed E-state index contributed by atoms with van der Waals surface area (Å²) in [6, 6.07) is 13.5. The fourth-order valence-electron chi connectivity index (χ4n) is 1.70. The zero-order valence-corrected chi connectivity index (χ0v) is 13.9. The van der Waals surface area contributed by atoms with Crippen LogP contribution in [0.25, 0.3) is 0 Å². The molecule has 0 saturated heterocycles. The Hall–Kier alpha value is -0.190. The van der Waals surface area contributed by atoms with E-state index in [0.717, 1.165) is 14.9 Å². The van der Waals surface area contributed by atoms with Gasteiger partial charge in [-0.1, -0.05) is 57.3 Å². The first kappa shape index (κ1) is 15.2. The average Bonchev–Trinajstić information content (AvgIpc) is 2.41. The molecule has 0 heterocycles. The number of benzene rings is 2.